The zero-order valence-electron chi connectivity index (χ0n) is 20.4. The molecular formula is C28H32FN3O3. The lowest BCUT2D eigenvalue weighted by molar-refractivity contribution is -0.127. The number of carbonyl (C=O) groups excluding carboxylic acids is 2. The number of hydrogen-bond donors (Lipinski definition) is 1. The van der Waals surface area contributed by atoms with E-state index in [1.165, 1.54) is 36.3 Å². The van der Waals surface area contributed by atoms with Crippen LogP contribution in [0.5, 0.6) is 5.75 Å². The minimum Gasteiger partial charge on any atom is -0.497 e. The number of nitrogens with zero attached hydrogens (tertiary/aromatic N) is 2. The van der Waals surface area contributed by atoms with Crippen LogP contribution in [0.2, 0.25) is 0 Å². The zero-order valence-corrected chi connectivity index (χ0v) is 20.4. The predicted molar refractivity (Wildman–Crippen MR) is 134 cm³/mol. The third-order valence-corrected chi connectivity index (χ3v) is 7.49. The number of carbonyl (C=O) groups is 2. The summed E-state index contributed by atoms with van der Waals surface area (Å²) >= 11 is 0. The van der Waals surface area contributed by atoms with Crippen LogP contribution in [0.15, 0.2) is 48.5 Å². The van der Waals surface area contributed by atoms with E-state index in [2.05, 4.69) is 5.32 Å². The van der Waals surface area contributed by atoms with Crippen LogP contribution in [-0.4, -0.2) is 35.1 Å². The highest BCUT2D eigenvalue weighted by Crippen LogP contribution is 2.37. The summed E-state index contributed by atoms with van der Waals surface area (Å²) in [5.74, 6) is -0.309. The molecule has 6 nitrogen and oxygen atoms in total. The third-order valence-electron chi connectivity index (χ3n) is 7.49. The molecule has 1 aromatic heterocycles. The molecule has 1 N–H and O–H groups in total. The third kappa shape index (κ3) is 4.28. The first-order chi connectivity index (χ1) is 16.9. The van der Waals surface area contributed by atoms with Gasteiger partial charge in [0.05, 0.1) is 19.2 Å². The SMILES string of the molecule is COc1ccc2cc3n(c2c1)C[C@](C)(C(=O)NC1CCCCCCC1)N(c1cccc(F)c1)C3=O. The van der Waals surface area contributed by atoms with Crippen molar-refractivity contribution >= 4 is 28.4 Å². The highest BCUT2D eigenvalue weighted by Gasteiger charge is 2.49. The van der Waals surface area contributed by atoms with Gasteiger partial charge in [-0.1, -0.05) is 38.2 Å². The number of hydrogen-bond acceptors (Lipinski definition) is 3. The summed E-state index contributed by atoms with van der Waals surface area (Å²) in [6.45, 7) is 2.03. The summed E-state index contributed by atoms with van der Waals surface area (Å²) in [5.41, 5.74) is 0.430. The standard InChI is InChI=1S/C28H32FN3O3/c1-28(27(34)30-21-10-6-4-3-5-7-11-21)18-31-24-17-23(35-2)14-13-19(24)15-25(31)26(33)32(28)22-12-8-9-20(29)16-22/h8-9,12-17,21H,3-7,10-11,18H2,1-2H3,(H,30,34)/t28-/m1/s1. The van der Waals surface area contributed by atoms with Gasteiger partial charge >= 0.3 is 0 Å². The molecule has 35 heavy (non-hydrogen) atoms. The van der Waals surface area contributed by atoms with Gasteiger partial charge in [-0.25, -0.2) is 4.39 Å². The number of halogens is 1. The fourth-order valence-corrected chi connectivity index (χ4v) is 5.56. The van der Waals surface area contributed by atoms with Gasteiger partial charge in [-0.2, -0.15) is 0 Å². The molecule has 1 atom stereocenters. The Morgan fingerprint density at radius 1 is 1.06 bits per heavy atom. The maximum absolute atomic E-state index is 14.2. The first kappa shape index (κ1) is 23.4. The lowest BCUT2D eigenvalue weighted by Gasteiger charge is -2.44. The summed E-state index contributed by atoms with van der Waals surface area (Å²) in [6, 6.07) is 13.5. The van der Waals surface area contributed by atoms with Gasteiger partial charge in [0, 0.05) is 23.2 Å². The quantitative estimate of drug-likeness (QED) is 0.545. The Morgan fingerprint density at radius 3 is 2.51 bits per heavy atom. The highest BCUT2D eigenvalue weighted by atomic mass is 19.1. The van der Waals surface area contributed by atoms with Gasteiger partial charge in [-0.05, 0) is 56.2 Å². The van der Waals surface area contributed by atoms with E-state index in [1.807, 2.05) is 28.8 Å². The number of rotatable bonds is 4. The predicted octanol–water partition coefficient (Wildman–Crippen LogP) is 5.44. The Morgan fingerprint density at radius 2 is 1.80 bits per heavy atom. The molecule has 7 heteroatoms. The normalized spacial score (nSPS) is 21.3. The van der Waals surface area contributed by atoms with Crippen molar-refractivity contribution in [3.05, 3.63) is 60.0 Å². The van der Waals surface area contributed by atoms with Gasteiger partial charge in [0.15, 0.2) is 0 Å². The second kappa shape index (κ2) is 9.36. The molecule has 1 saturated carbocycles. The minimum atomic E-state index is -1.24. The van der Waals surface area contributed by atoms with Crippen LogP contribution >= 0.6 is 0 Å². The van der Waals surface area contributed by atoms with Crippen molar-refractivity contribution in [1.29, 1.82) is 0 Å². The largest absolute Gasteiger partial charge is 0.497 e. The van der Waals surface area contributed by atoms with Crippen molar-refractivity contribution < 1.29 is 18.7 Å². The van der Waals surface area contributed by atoms with E-state index in [0.717, 1.165) is 36.6 Å². The minimum absolute atomic E-state index is 0.0759. The van der Waals surface area contributed by atoms with Crippen molar-refractivity contribution in [2.75, 3.05) is 12.0 Å². The fourth-order valence-electron chi connectivity index (χ4n) is 5.56. The lowest BCUT2D eigenvalue weighted by Crippen LogP contribution is -2.65. The summed E-state index contributed by atoms with van der Waals surface area (Å²) in [4.78, 5) is 29.4. The Labute approximate surface area is 205 Å². The molecule has 0 spiro atoms. The first-order valence-corrected chi connectivity index (χ1v) is 12.5. The highest BCUT2D eigenvalue weighted by molar-refractivity contribution is 6.14. The Kier molecular flexibility index (Phi) is 6.26. The van der Waals surface area contributed by atoms with Crippen LogP contribution in [0.1, 0.15) is 62.4 Å². The summed E-state index contributed by atoms with van der Waals surface area (Å²) < 4.78 is 21.5. The average Bonchev–Trinajstić information content (AvgIpc) is 3.18. The van der Waals surface area contributed by atoms with Crippen LogP contribution < -0.4 is 15.0 Å². The molecule has 0 bridgehead atoms. The molecule has 184 valence electrons. The molecule has 0 unspecified atom stereocenters. The van der Waals surface area contributed by atoms with Crippen molar-refractivity contribution in [3.63, 3.8) is 0 Å². The van der Waals surface area contributed by atoms with E-state index in [-0.39, 0.29) is 24.4 Å². The van der Waals surface area contributed by atoms with E-state index in [1.54, 1.807) is 26.2 Å². The molecule has 0 saturated heterocycles. The molecule has 3 aromatic rings. The Bertz CT molecular complexity index is 1260. The number of methoxy groups -OCH3 is 1. The second-order valence-corrected chi connectivity index (χ2v) is 9.95. The van der Waals surface area contributed by atoms with E-state index in [9.17, 15) is 14.0 Å². The van der Waals surface area contributed by atoms with E-state index < -0.39 is 11.4 Å². The number of ether oxygens (including phenoxy) is 1. The Hall–Kier alpha value is -3.35. The Balaban J connectivity index is 1.59. The second-order valence-electron chi connectivity index (χ2n) is 9.95. The number of aromatic nitrogens is 1. The smallest absolute Gasteiger partial charge is 0.275 e. The van der Waals surface area contributed by atoms with Crippen molar-refractivity contribution in [1.82, 2.24) is 9.88 Å². The molecule has 5 rings (SSSR count). The molecule has 2 heterocycles. The topological polar surface area (TPSA) is 63.6 Å². The van der Waals surface area contributed by atoms with Gasteiger partial charge in [0.25, 0.3) is 5.91 Å². The molecule has 0 radical (unpaired) electrons. The van der Waals surface area contributed by atoms with Crippen LogP contribution in [0.4, 0.5) is 10.1 Å². The maximum Gasteiger partial charge on any atom is 0.275 e. The molecule has 1 aliphatic carbocycles. The van der Waals surface area contributed by atoms with Crippen molar-refractivity contribution in [2.45, 2.75) is 70.0 Å². The molecule has 1 aliphatic heterocycles. The van der Waals surface area contributed by atoms with Gasteiger partial charge in [-0.3, -0.25) is 14.5 Å². The first-order valence-electron chi connectivity index (χ1n) is 12.5. The van der Waals surface area contributed by atoms with E-state index in [4.69, 9.17) is 4.74 Å². The lowest BCUT2D eigenvalue weighted by atomic mass is 9.91. The van der Waals surface area contributed by atoms with E-state index in [0.29, 0.717) is 17.1 Å². The van der Waals surface area contributed by atoms with Gasteiger partial charge in [0.1, 0.15) is 22.8 Å². The number of nitrogens with one attached hydrogen (secondary N) is 1. The van der Waals surface area contributed by atoms with Crippen LogP contribution in [0, 0.1) is 5.82 Å². The molecule has 2 amide bonds. The van der Waals surface area contributed by atoms with Crippen LogP contribution in [-0.2, 0) is 11.3 Å². The van der Waals surface area contributed by atoms with Crippen LogP contribution in [0.3, 0.4) is 0 Å². The molecule has 2 aromatic carbocycles. The van der Waals surface area contributed by atoms with Gasteiger partial charge < -0.3 is 14.6 Å². The number of anilines is 1. The number of amides is 2. The number of fused-ring (bicyclic) bond motifs is 3. The van der Waals surface area contributed by atoms with Crippen LogP contribution in [0.25, 0.3) is 10.9 Å². The number of benzene rings is 2. The average molecular weight is 478 g/mol. The summed E-state index contributed by atoms with van der Waals surface area (Å²) in [6.07, 6.45) is 7.64. The fraction of sp³-hybridized carbons (Fsp3) is 0.429. The molecular weight excluding hydrogens is 445 g/mol. The van der Waals surface area contributed by atoms with Gasteiger partial charge in [-0.15, -0.1) is 0 Å². The maximum atomic E-state index is 14.2. The molecule has 2 aliphatic rings. The summed E-state index contributed by atoms with van der Waals surface area (Å²) in [7, 11) is 1.60. The molecule has 1 fully saturated rings. The van der Waals surface area contributed by atoms with Crippen molar-refractivity contribution in [3.8, 4) is 5.75 Å². The summed E-state index contributed by atoms with van der Waals surface area (Å²) in [5, 5.41) is 4.15. The zero-order chi connectivity index (χ0) is 24.6. The van der Waals surface area contributed by atoms with Crippen molar-refractivity contribution in [2.24, 2.45) is 0 Å². The van der Waals surface area contributed by atoms with E-state index >= 15 is 0 Å². The monoisotopic (exact) mass is 477 g/mol. The van der Waals surface area contributed by atoms with Gasteiger partial charge in [0.2, 0.25) is 5.91 Å².